The molecule has 18 heavy (non-hydrogen) atoms. The second-order valence-corrected chi connectivity index (χ2v) is 7.22. The van der Waals surface area contributed by atoms with Gasteiger partial charge in [-0.05, 0) is 13.8 Å². The molecule has 0 unspecified atom stereocenters. The van der Waals surface area contributed by atoms with E-state index in [1.807, 2.05) is 0 Å². The summed E-state index contributed by atoms with van der Waals surface area (Å²) in [7, 11) is -3.40. The topological polar surface area (TPSA) is 62.8 Å². The van der Waals surface area contributed by atoms with Crippen LogP contribution in [0.3, 0.4) is 0 Å². The van der Waals surface area contributed by atoms with Gasteiger partial charge in [-0.1, -0.05) is 0 Å². The van der Waals surface area contributed by atoms with E-state index in [1.165, 1.54) is 13.8 Å². The number of fused-ring (bicyclic) bond motifs is 1. The second-order valence-electron chi connectivity index (χ2n) is 4.65. The molecule has 98 valence electrons. The fourth-order valence-corrected chi connectivity index (χ4v) is 1.91. The van der Waals surface area contributed by atoms with Crippen molar-refractivity contribution in [3.63, 3.8) is 0 Å². The fourth-order valence-electron chi connectivity index (χ4n) is 1.47. The molecule has 0 aliphatic carbocycles. The maximum Gasteiger partial charge on any atom is 0.161 e. The molecule has 1 N–H and O–H groups in total. The van der Waals surface area contributed by atoms with E-state index in [4.69, 9.17) is 0 Å². The molecule has 1 heterocycles. The smallest absolute Gasteiger partial charge is 0.161 e. The number of rotatable bonds is 2. The number of aromatic nitrogens is 2. The van der Waals surface area contributed by atoms with Gasteiger partial charge in [-0.15, -0.1) is 0 Å². The Bertz CT molecular complexity index is 681. The molecule has 0 fully saturated rings. The van der Waals surface area contributed by atoms with E-state index in [9.17, 15) is 17.2 Å². The van der Waals surface area contributed by atoms with Gasteiger partial charge in [-0.3, -0.25) is 0 Å². The minimum Gasteiger partial charge on any atom is -0.341 e. The van der Waals surface area contributed by atoms with E-state index in [1.54, 1.807) is 0 Å². The average Bonchev–Trinajstić information content (AvgIpc) is 2.60. The number of halogens is 2. The number of hydrogen-bond acceptors (Lipinski definition) is 3. The van der Waals surface area contributed by atoms with E-state index >= 15 is 0 Å². The van der Waals surface area contributed by atoms with Crippen molar-refractivity contribution in [1.82, 2.24) is 9.97 Å². The summed E-state index contributed by atoms with van der Waals surface area (Å²) >= 11 is 0. The zero-order valence-electron chi connectivity index (χ0n) is 10.1. The van der Waals surface area contributed by atoms with Gasteiger partial charge in [0.1, 0.15) is 10.6 Å². The molecule has 0 bridgehead atoms. The average molecular weight is 274 g/mol. The third kappa shape index (κ3) is 1.88. The van der Waals surface area contributed by atoms with E-state index in [0.717, 1.165) is 18.4 Å². The highest BCUT2D eigenvalue weighted by Crippen LogP contribution is 2.28. The highest BCUT2D eigenvalue weighted by atomic mass is 32.2. The van der Waals surface area contributed by atoms with Crippen LogP contribution in [0.5, 0.6) is 0 Å². The Morgan fingerprint density at radius 1 is 1.22 bits per heavy atom. The molecule has 4 nitrogen and oxygen atoms in total. The number of sulfone groups is 1. The van der Waals surface area contributed by atoms with Gasteiger partial charge >= 0.3 is 0 Å². The Labute approximate surface area is 103 Å². The van der Waals surface area contributed by atoms with E-state index in [2.05, 4.69) is 9.97 Å². The zero-order chi connectivity index (χ0) is 13.7. The van der Waals surface area contributed by atoms with Gasteiger partial charge in [0.15, 0.2) is 21.5 Å². The molecule has 0 atom stereocenters. The summed E-state index contributed by atoms with van der Waals surface area (Å²) in [4.78, 5) is 6.72. The van der Waals surface area contributed by atoms with Crippen LogP contribution in [0, 0.1) is 11.6 Å². The molecule has 0 aliphatic heterocycles. The Kier molecular flexibility index (Phi) is 2.69. The lowest BCUT2D eigenvalue weighted by Gasteiger charge is -2.19. The maximum absolute atomic E-state index is 13.0. The lowest BCUT2D eigenvalue weighted by atomic mass is 10.2. The summed E-state index contributed by atoms with van der Waals surface area (Å²) in [5, 5.41) is 0. The van der Waals surface area contributed by atoms with Crippen LogP contribution in [0.2, 0.25) is 0 Å². The first-order chi connectivity index (χ1) is 8.13. The van der Waals surface area contributed by atoms with Crippen molar-refractivity contribution in [3.8, 4) is 0 Å². The van der Waals surface area contributed by atoms with Crippen LogP contribution in [-0.2, 0) is 14.6 Å². The minimum atomic E-state index is -3.40. The SMILES string of the molecule is CC(C)(c1nc2cc(F)c(F)cc2[nH]1)S(C)(=O)=O. The normalized spacial score (nSPS) is 13.2. The van der Waals surface area contributed by atoms with Crippen molar-refractivity contribution in [2.75, 3.05) is 6.26 Å². The van der Waals surface area contributed by atoms with E-state index in [-0.39, 0.29) is 16.9 Å². The number of hydrogen-bond donors (Lipinski definition) is 1. The molecule has 0 saturated heterocycles. The van der Waals surface area contributed by atoms with Crippen molar-refractivity contribution >= 4 is 20.9 Å². The zero-order valence-corrected chi connectivity index (χ0v) is 10.9. The standard InChI is InChI=1S/C11H12F2N2O2S/c1-11(2,18(3,16)17)10-14-8-4-6(12)7(13)5-9(8)15-10/h4-5H,1-3H3,(H,14,15). The summed E-state index contributed by atoms with van der Waals surface area (Å²) < 4.78 is 48.1. The molecule has 0 saturated carbocycles. The predicted molar refractivity (Wildman–Crippen MR) is 63.9 cm³/mol. The summed E-state index contributed by atoms with van der Waals surface area (Å²) in [6.45, 7) is 2.96. The minimum absolute atomic E-state index is 0.157. The van der Waals surface area contributed by atoms with Crippen molar-refractivity contribution in [1.29, 1.82) is 0 Å². The number of aromatic amines is 1. The number of H-pyrrole nitrogens is 1. The van der Waals surface area contributed by atoms with Crippen molar-refractivity contribution in [2.45, 2.75) is 18.6 Å². The number of imidazole rings is 1. The second kappa shape index (κ2) is 3.74. The van der Waals surface area contributed by atoms with Crippen LogP contribution < -0.4 is 0 Å². The lowest BCUT2D eigenvalue weighted by molar-refractivity contribution is 0.510. The molecule has 0 spiro atoms. The van der Waals surface area contributed by atoms with Gasteiger partial charge in [0.25, 0.3) is 0 Å². The first kappa shape index (κ1) is 12.9. The number of nitrogens with one attached hydrogen (secondary N) is 1. The van der Waals surface area contributed by atoms with Crippen molar-refractivity contribution in [2.24, 2.45) is 0 Å². The van der Waals surface area contributed by atoms with Crippen LogP contribution in [0.1, 0.15) is 19.7 Å². The van der Waals surface area contributed by atoms with E-state index in [0.29, 0.717) is 0 Å². The van der Waals surface area contributed by atoms with Gasteiger partial charge in [0, 0.05) is 18.4 Å². The summed E-state index contributed by atoms with van der Waals surface area (Å²) in [6.07, 6.45) is 1.08. The molecule has 2 aromatic rings. The maximum atomic E-state index is 13.0. The van der Waals surface area contributed by atoms with Crippen LogP contribution in [-0.4, -0.2) is 24.6 Å². The van der Waals surface area contributed by atoms with Gasteiger partial charge in [-0.2, -0.15) is 0 Å². The monoisotopic (exact) mass is 274 g/mol. The molecule has 0 amide bonds. The van der Waals surface area contributed by atoms with Crippen LogP contribution in [0.15, 0.2) is 12.1 Å². The van der Waals surface area contributed by atoms with Crippen LogP contribution in [0.4, 0.5) is 8.78 Å². The van der Waals surface area contributed by atoms with Crippen molar-refractivity contribution in [3.05, 3.63) is 29.6 Å². The molecule has 7 heteroatoms. The molecule has 1 aromatic carbocycles. The first-order valence-electron chi connectivity index (χ1n) is 5.18. The van der Waals surface area contributed by atoms with Gasteiger partial charge < -0.3 is 4.98 Å². The van der Waals surface area contributed by atoms with Crippen LogP contribution >= 0.6 is 0 Å². The molecule has 0 aliphatic rings. The molecule has 0 radical (unpaired) electrons. The van der Waals surface area contributed by atoms with Crippen LogP contribution in [0.25, 0.3) is 11.0 Å². The summed E-state index contributed by atoms with van der Waals surface area (Å²) in [5.74, 6) is -1.86. The highest BCUT2D eigenvalue weighted by molar-refractivity contribution is 7.91. The molecule has 2 rings (SSSR count). The Morgan fingerprint density at radius 3 is 2.33 bits per heavy atom. The third-order valence-electron chi connectivity index (χ3n) is 3.02. The molecule has 1 aromatic heterocycles. The molecular formula is C11H12F2N2O2S. The van der Waals surface area contributed by atoms with Gasteiger partial charge in [0.05, 0.1) is 11.0 Å². The third-order valence-corrected chi connectivity index (χ3v) is 5.07. The Hall–Kier alpha value is -1.50. The largest absolute Gasteiger partial charge is 0.341 e. The highest BCUT2D eigenvalue weighted by Gasteiger charge is 2.35. The van der Waals surface area contributed by atoms with Gasteiger partial charge in [-0.25, -0.2) is 22.2 Å². The van der Waals surface area contributed by atoms with Crippen molar-refractivity contribution < 1.29 is 17.2 Å². The molecular weight excluding hydrogens is 262 g/mol. The summed E-state index contributed by atoms with van der Waals surface area (Å²) in [5.41, 5.74) is 0.459. The Morgan fingerprint density at radius 2 is 1.78 bits per heavy atom. The van der Waals surface area contributed by atoms with E-state index < -0.39 is 26.2 Å². The summed E-state index contributed by atoms with van der Waals surface area (Å²) in [6, 6.07) is 1.89. The fraction of sp³-hybridized carbons (Fsp3) is 0.364. The first-order valence-corrected chi connectivity index (χ1v) is 7.07. The number of benzene rings is 1. The van der Waals surface area contributed by atoms with Gasteiger partial charge in [0.2, 0.25) is 0 Å². The Balaban J connectivity index is 2.68. The predicted octanol–water partition coefficient (Wildman–Crippen LogP) is 2.12. The number of nitrogens with zero attached hydrogens (tertiary/aromatic N) is 1. The lowest BCUT2D eigenvalue weighted by Crippen LogP contribution is -2.29. The quantitative estimate of drug-likeness (QED) is 0.912.